The molecular weight excluding hydrogens is 690 g/mol. The first-order chi connectivity index (χ1) is 23.6. The molecule has 0 saturated carbocycles. The summed E-state index contributed by atoms with van der Waals surface area (Å²) in [4.78, 5) is 11.4. The number of carboxylic acids is 1. The van der Waals surface area contributed by atoms with Crippen molar-refractivity contribution in [2.45, 2.75) is 123 Å². The Balaban J connectivity index is 1.41. The molecule has 0 amide bonds. The van der Waals surface area contributed by atoms with E-state index in [0.29, 0.717) is 0 Å². The fourth-order valence-corrected chi connectivity index (χ4v) is 6.04. The summed E-state index contributed by atoms with van der Waals surface area (Å²) in [6.45, 7) is -3.17. The van der Waals surface area contributed by atoms with Crippen LogP contribution in [0.2, 0.25) is 0 Å². The van der Waals surface area contributed by atoms with Crippen molar-refractivity contribution < 1.29 is 109 Å². The number of aliphatic hydroxyl groups is 12. The Labute approximate surface area is 283 Å². The smallest absolute Gasteiger partial charge is 0.335 e. The van der Waals surface area contributed by atoms with Crippen LogP contribution < -0.4 is 5.73 Å². The fraction of sp³-hybridized carbons (Fsp3) is 0.963. The summed E-state index contributed by atoms with van der Waals surface area (Å²) in [5, 5.41) is 134. The molecule has 4 heterocycles. The van der Waals surface area contributed by atoms with E-state index in [2.05, 4.69) is 0 Å². The number of nitrogens with two attached hydrogens (primary N) is 1. The van der Waals surface area contributed by atoms with Crippen molar-refractivity contribution >= 4 is 5.97 Å². The van der Waals surface area contributed by atoms with Gasteiger partial charge in [0.1, 0.15) is 78.8 Å². The van der Waals surface area contributed by atoms with Crippen LogP contribution in [0, 0.1) is 0 Å². The van der Waals surface area contributed by atoms with E-state index in [0.717, 1.165) is 0 Å². The molecule has 4 fully saturated rings. The molecule has 292 valence electrons. The van der Waals surface area contributed by atoms with Crippen molar-refractivity contribution in [2.75, 3.05) is 39.6 Å². The lowest BCUT2D eigenvalue weighted by atomic mass is 9.87. The Morgan fingerprint density at radius 3 is 1.70 bits per heavy atom. The first-order valence-electron chi connectivity index (χ1n) is 15.7. The van der Waals surface area contributed by atoms with E-state index >= 15 is 0 Å². The van der Waals surface area contributed by atoms with Crippen LogP contribution in [0.4, 0.5) is 0 Å². The van der Waals surface area contributed by atoms with E-state index in [1.54, 1.807) is 0 Å². The number of rotatable bonds is 14. The summed E-state index contributed by atoms with van der Waals surface area (Å²) in [6.07, 6.45) is -33.1. The van der Waals surface area contributed by atoms with Crippen LogP contribution in [0.3, 0.4) is 0 Å². The standard InChI is InChI=1S/C27H47NO22/c28-1-2-43-26-21(39)27(42,3-8(4-29)45-26)7-44-23-16(37)13(34)18(9(5-30)46-23)48-24-17(38)14(35)19(10(6-31)47-24)49-25-15(36)11(32)12(33)20(50-25)22(40)41/h8-21,23-26,29-39,42H,1-7,28H2,(H,40,41)/t8?,9?,10?,11?,12-,13?,14?,15?,16?,17?,18+,19+,20?,21?,23-,24-,25+,26-,27?/m0/s1. The summed E-state index contributed by atoms with van der Waals surface area (Å²) in [6, 6.07) is 0. The van der Waals surface area contributed by atoms with Gasteiger partial charge in [-0.15, -0.1) is 0 Å². The summed E-state index contributed by atoms with van der Waals surface area (Å²) < 4.78 is 43.3. The highest BCUT2D eigenvalue weighted by molar-refractivity contribution is 5.73. The van der Waals surface area contributed by atoms with Crippen molar-refractivity contribution in [1.82, 2.24) is 0 Å². The van der Waals surface area contributed by atoms with Gasteiger partial charge in [-0.25, -0.2) is 4.79 Å². The molecular formula is C27H47NO22. The third-order valence-electron chi connectivity index (χ3n) is 8.85. The lowest BCUT2D eigenvalue weighted by molar-refractivity contribution is -0.380. The number of hydrogen-bond acceptors (Lipinski definition) is 22. The number of aliphatic carboxylic acids is 1. The Morgan fingerprint density at radius 1 is 0.660 bits per heavy atom. The molecule has 50 heavy (non-hydrogen) atoms. The Bertz CT molecular complexity index is 1070. The van der Waals surface area contributed by atoms with Gasteiger partial charge < -0.3 is 110 Å². The van der Waals surface area contributed by atoms with Crippen LogP contribution in [0.25, 0.3) is 0 Å². The number of aliphatic hydroxyl groups excluding tert-OH is 11. The van der Waals surface area contributed by atoms with Crippen molar-refractivity contribution in [1.29, 1.82) is 0 Å². The van der Waals surface area contributed by atoms with Gasteiger partial charge in [0.2, 0.25) is 0 Å². The minimum absolute atomic E-state index is 0.0549. The molecule has 15 N–H and O–H groups in total. The first-order valence-corrected chi connectivity index (χ1v) is 15.7. The van der Waals surface area contributed by atoms with Crippen LogP contribution >= 0.6 is 0 Å². The number of ether oxygens (including phenoxy) is 8. The monoisotopic (exact) mass is 737 g/mol. The molecule has 12 unspecified atom stereocenters. The quantitative estimate of drug-likeness (QED) is 0.0786. The molecule has 0 aromatic heterocycles. The first kappa shape index (κ1) is 41.4. The van der Waals surface area contributed by atoms with Crippen molar-refractivity contribution in [3.63, 3.8) is 0 Å². The highest BCUT2D eigenvalue weighted by atomic mass is 16.8. The zero-order valence-electron chi connectivity index (χ0n) is 26.4. The van der Waals surface area contributed by atoms with Gasteiger partial charge in [0.05, 0.1) is 39.1 Å². The fourth-order valence-electron chi connectivity index (χ4n) is 6.04. The minimum atomic E-state index is -2.12. The molecule has 19 atom stereocenters. The average molecular weight is 738 g/mol. The van der Waals surface area contributed by atoms with Crippen molar-refractivity contribution in [3.05, 3.63) is 0 Å². The molecule has 0 spiro atoms. The van der Waals surface area contributed by atoms with E-state index < -0.39 is 149 Å². The summed E-state index contributed by atoms with van der Waals surface area (Å²) in [7, 11) is 0. The van der Waals surface area contributed by atoms with E-state index in [4.69, 9.17) is 43.6 Å². The molecule has 4 aliphatic rings. The van der Waals surface area contributed by atoms with E-state index in [9.17, 15) is 71.2 Å². The lowest BCUT2D eigenvalue weighted by Gasteiger charge is -2.48. The topological polar surface area (TPSA) is 380 Å². The second-order valence-electron chi connectivity index (χ2n) is 12.4. The van der Waals surface area contributed by atoms with Gasteiger partial charge in [-0.1, -0.05) is 0 Å². The van der Waals surface area contributed by atoms with Crippen molar-refractivity contribution in [3.8, 4) is 0 Å². The summed E-state index contributed by atoms with van der Waals surface area (Å²) in [5.74, 6) is -1.72. The van der Waals surface area contributed by atoms with Gasteiger partial charge in [0, 0.05) is 13.0 Å². The van der Waals surface area contributed by atoms with E-state index in [1.807, 2.05) is 0 Å². The Kier molecular flexibility index (Phi) is 14.6. The molecule has 0 aromatic carbocycles. The van der Waals surface area contributed by atoms with Crippen molar-refractivity contribution in [2.24, 2.45) is 5.73 Å². The number of carbonyl (C=O) groups is 1. The molecule has 23 heteroatoms. The molecule has 4 aliphatic heterocycles. The van der Waals surface area contributed by atoms with Crippen LogP contribution in [-0.4, -0.2) is 228 Å². The zero-order chi connectivity index (χ0) is 37.1. The predicted octanol–water partition coefficient (Wildman–Crippen LogP) is -9.28. The molecule has 4 rings (SSSR count). The minimum Gasteiger partial charge on any atom is -0.479 e. The van der Waals surface area contributed by atoms with E-state index in [1.165, 1.54) is 0 Å². The van der Waals surface area contributed by atoms with Gasteiger partial charge in [-0.3, -0.25) is 0 Å². The number of hydrogen-bond donors (Lipinski definition) is 14. The highest BCUT2D eigenvalue weighted by Crippen LogP contribution is 2.35. The summed E-state index contributed by atoms with van der Waals surface area (Å²) in [5.41, 5.74) is 3.28. The maximum atomic E-state index is 11.4. The third-order valence-corrected chi connectivity index (χ3v) is 8.85. The Morgan fingerprint density at radius 2 is 1.18 bits per heavy atom. The molecule has 23 nitrogen and oxygen atoms in total. The third kappa shape index (κ3) is 8.70. The molecule has 0 aliphatic carbocycles. The highest BCUT2D eigenvalue weighted by Gasteiger charge is 2.55. The lowest BCUT2D eigenvalue weighted by Crippen LogP contribution is -2.67. The second-order valence-corrected chi connectivity index (χ2v) is 12.4. The number of carboxylic acid groups (broad SMARTS) is 1. The molecule has 0 radical (unpaired) electrons. The van der Waals surface area contributed by atoms with Gasteiger partial charge in [-0.2, -0.15) is 0 Å². The largest absolute Gasteiger partial charge is 0.479 e. The van der Waals surface area contributed by atoms with Crippen LogP contribution in [0.5, 0.6) is 0 Å². The summed E-state index contributed by atoms with van der Waals surface area (Å²) >= 11 is 0. The Hall–Kier alpha value is -1.37. The molecule has 4 saturated heterocycles. The second kappa shape index (κ2) is 17.6. The van der Waals surface area contributed by atoms with Gasteiger partial charge >= 0.3 is 5.97 Å². The van der Waals surface area contributed by atoms with Crippen LogP contribution in [0.1, 0.15) is 6.42 Å². The molecule has 0 bridgehead atoms. The van der Waals surface area contributed by atoms with Gasteiger partial charge in [0.25, 0.3) is 0 Å². The zero-order valence-corrected chi connectivity index (χ0v) is 26.4. The average Bonchev–Trinajstić information content (AvgIpc) is 3.09. The predicted molar refractivity (Wildman–Crippen MR) is 152 cm³/mol. The maximum absolute atomic E-state index is 11.4. The van der Waals surface area contributed by atoms with E-state index in [-0.39, 0.29) is 19.6 Å². The van der Waals surface area contributed by atoms with Crippen LogP contribution in [-0.2, 0) is 42.7 Å². The maximum Gasteiger partial charge on any atom is 0.335 e. The normalized spacial score (nSPS) is 48.7. The SMILES string of the molecule is NCCO[C@H]1OC(CO)CC(O)(CO[C@H]2OC(CO)[C@@H](O[C@@H]3OC(CO)[C@@H](O[C@@H]4OC(C(=O)O)[C@@H](O)C(O)C4O)C(O)C3O)C(O)C2O)C1O. The molecule has 0 aromatic rings. The van der Waals surface area contributed by atoms with Gasteiger partial charge in [0.15, 0.2) is 31.3 Å². The van der Waals surface area contributed by atoms with Crippen LogP contribution in [0.15, 0.2) is 0 Å². The van der Waals surface area contributed by atoms with Gasteiger partial charge in [-0.05, 0) is 0 Å².